The van der Waals surface area contributed by atoms with E-state index in [1.54, 1.807) is 12.1 Å². The SMILES string of the molecule is COc1cc(/C=C2\SC(=S)N(c3cccc(Br)c3)C2=O)c(Br)cc1O. The van der Waals surface area contributed by atoms with Gasteiger partial charge in [-0.15, -0.1) is 0 Å². The van der Waals surface area contributed by atoms with Crippen molar-refractivity contribution in [1.82, 2.24) is 0 Å². The number of thiocarbonyl (C=S) groups is 1. The number of carbonyl (C=O) groups excluding carboxylic acids is 1. The van der Waals surface area contributed by atoms with Crippen molar-refractivity contribution in [1.29, 1.82) is 0 Å². The number of hydrogen-bond acceptors (Lipinski definition) is 5. The third kappa shape index (κ3) is 3.76. The number of amides is 1. The molecule has 3 rings (SSSR count). The Morgan fingerprint density at radius 3 is 2.72 bits per heavy atom. The predicted octanol–water partition coefficient (Wildman–Crippen LogP) is 5.33. The molecular weight excluding hydrogens is 490 g/mol. The molecule has 1 amide bonds. The number of aromatic hydroxyl groups is 1. The summed E-state index contributed by atoms with van der Waals surface area (Å²) in [7, 11) is 1.47. The Balaban J connectivity index is 1.99. The summed E-state index contributed by atoms with van der Waals surface area (Å²) in [6, 6.07) is 10.6. The molecule has 25 heavy (non-hydrogen) atoms. The van der Waals surface area contributed by atoms with E-state index in [1.807, 2.05) is 24.3 Å². The summed E-state index contributed by atoms with van der Waals surface area (Å²) in [6.45, 7) is 0. The van der Waals surface area contributed by atoms with Crippen molar-refractivity contribution in [3.8, 4) is 11.5 Å². The van der Waals surface area contributed by atoms with Crippen LogP contribution in [0.15, 0.2) is 50.2 Å². The molecule has 1 fully saturated rings. The molecule has 0 atom stereocenters. The summed E-state index contributed by atoms with van der Waals surface area (Å²) < 4.78 is 7.11. The molecule has 0 aliphatic carbocycles. The molecule has 1 heterocycles. The van der Waals surface area contributed by atoms with Crippen LogP contribution < -0.4 is 9.64 Å². The van der Waals surface area contributed by atoms with Gasteiger partial charge in [0.05, 0.1) is 17.7 Å². The number of nitrogens with zero attached hydrogens (tertiary/aromatic N) is 1. The van der Waals surface area contributed by atoms with Gasteiger partial charge in [-0.1, -0.05) is 61.9 Å². The van der Waals surface area contributed by atoms with Crippen molar-refractivity contribution in [2.45, 2.75) is 0 Å². The Hall–Kier alpha value is -1.35. The number of benzene rings is 2. The highest BCUT2D eigenvalue weighted by molar-refractivity contribution is 9.10. The van der Waals surface area contributed by atoms with Gasteiger partial charge in [-0.05, 0) is 42.0 Å². The minimum absolute atomic E-state index is 0.0215. The molecule has 0 radical (unpaired) electrons. The Morgan fingerprint density at radius 2 is 2.04 bits per heavy atom. The lowest BCUT2D eigenvalue weighted by Gasteiger charge is -2.14. The van der Waals surface area contributed by atoms with Gasteiger partial charge >= 0.3 is 0 Å². The van der Waals surface area contributed by atoms with Crippen LogP contribution >= 0.6 is 55.8 Å². The van der Waals surface area contributed by atoms with Gasteiger partial charge in [0.2, 0.25) is 0 Å². The number of carbonyl (C=O) groups is 1. The third-order valence-electron chi connectivity index (χ3n) is 3.44. The molecule has 4 nitrogen and oxygen atoms in total. The van der Waals surface area contributed by atoms with Crippen LogP contribution in [0.5, 0.6) is 11.5 Å². The third-order valence-corrected chi connectivity index (χ3v) is 5.93. The fourth-order valence-electron chi connectivity index (χ4n) is 2.28. The first-order valence-corrected chi connectivity index (χ1v) is 9.82. The molecule has 0 bridgehead atoms. The normalized spacial score (nSPS) is 16.0. The van der Waals surface area contributed by atoms with Crippen molar-refractivity contribution >= 4 is 77.8 Å². The lowest BCUT2D eigenvalue weighted by molar-refractivity contribution is -0.113. The monoisotopic (exact) mass is 499 g/mol. The topological polar surface area (TPSA) is 49.8 Å². The van der Waals surface area contributed by atoms with E-state index in [1.165, 1.54) is 29.8 Å². The Kier molecular flexibility index (Phi) is 5.52. The number of methoxy groups -OCH3 is 1. The number of thioether (sulfide) groups is 1. The molecule has 0 unspecified atom stereocenters. The second kappa shape index (κ2) is 7.49. The van der Waals surface area contributed by atoms with E-state index in [9.17, 15) is 9.90 Å². The summed E-state index contributed by atoms with van der Waals surface area (Å²) in [6.07, 6.45) is 1.73. The van der Waals surface area contributed by atoms with E-state index in [4.69, 9.17) is 17.0 Å². The largest absolute Gasteiger partial charge is 0.504 e. The summed E-state index contributed by atoms with van der Waals surface area (Å²) in [5, 5.41) is 9.81. The van der Waals surface area contributed by atoms with E-state index in [0.29, 0.717) is 30.7 Å². The lowest BCUT2D eigenvalue weighted by atomic mass is 10.2. The molecule has 128 valence electrons. The molecule has 0 spiro atoms. The zero-order chi connectivity index (χ0) is 18.1. The zero-order valence-electron chi connectivity index (χ0n) is 12.8. The van der Waals surface area contributed by atoms with Crippen molar-refractivity contribution in [2.24, 2.45) is 0 Å². The molecule has 1 saturated heterocycles. The van der Waals surface area contributed by atoms with E-state index in [-0.39, 0.29) is 11.7 Å². The summed E-state index contributed by atoms with van der Waals surface area (Å²) in [5.74, 6) is 0.164. The van der Waals surface area contributed by atoms with Crippen LogP contribution in [0.2, 0.25) is 0 Å². The van der Waals surface area contributed by atoms with E-state index in [0.717, 1.165) is 4.47 Å². The summed E-state index contributed by atoms with van der Waals surface area (Å²) in [4.78, 5) is 14.8. The van der Waals surface area contributed by atoms with Gasteiger partial charge in [-0.25, -0.2) is 0 Å². The summed E-state index contributed by atoms with van der Waals surface area (Å²) >= 11 is 13.4. The molecule has 8 heteroatoms. The van der Waals surface area contributed by atoms with Gasteiger partial charge in [0.15, 0.2) is 15.8 Å². The molecular formula is C17H11Br2NO3S2. The molecule has 2 aromatic rings. The van der Waals surface area contributed by atoms with E-state index >= 15 is 0 Å². The maximum absolute atomic E-state index is 12.8. The highest BCUT2D eigenvalue weighted by atomic mass is 79.9. The van der Waals surface area contributed by atoms with Crippen LogP contribution in [0.25, 0.3) is 6.08 Å². The maximum atomic E-state index is 12.8. The average Bonchev–Trinajstić information content (AvgIpc) is 2.84. The first-order valence-electron chi connectivity index (χ1n) is 7.00. The highest BCUT2D eigenvalue weighted by Crippen LogP contribution is 2.39. The first-order chi connectivity index (χ1) is 11.9. The van der Waals surface area contributed by atoms with Crippen molar-refractivity contribution < 1.29 is 14.6 Å². The maximum Gasteiger partial charge on any atom is 0.270 e. The second-order valence-electron chi connectivity index (χ2n) is 5.04. The fourth-order valence-corrected chi connectivity index (χ4v) is 4.40. The van der Waals surface area contributed by atoms with Crippen molar-refractivity contribution in [2.75, 3.05) is 12.0 Å². The number of rotatable bonds is 3. The Morgan fingerprint density at radius 1 is 1.28 bits per heavy atom. The molecule has 1 N–H and O–H groups in total. The molecule has 2 aromatic carbocycles. The van der Waals surface area contributed by atoms with Gasteiger partial charge in [0.1, 0.15) is 0 Å². The van der Waals surface area contributed by atoms with Gasteiger partial charge in [0.25, 0.3) is 5.91 Å². The standard InChI is InChI=1S/C17H11Br2NO3S2/c1-23-14-5-9(12(19)8-13(14)21)6-15-16(22)20(17(24)25-15)11-4-2-3-10(18)7-11/h2-8,21H,1H3/b15-6-. The average molecular weight is 501 g/mol. The van der Waals surface area contributed by atoms with Gasteiger partial charge < -0.3 is 9.84 Å². The predicted molar refractivity (Wildman–Crippen MR) is 112 cm³/mol. The van der Waals surface area contributed by atoms with E-state index < -0.39 is 0 Å². The van der Waals surface area contributed by atoms with E-state index in [2.05, 4.69) is 31.9 Å². The first kappa shape index (κ1) is 18.4. The fraction of sp³-hybridized carbons (Fsp3) is 0.0588. The van der Waals surface area contributed by atoms with Gasteiger partial charge in [-0.3, -0.25) is 9.69 Å². The zero-order valence-corrected chi connectivity index (χ0v) is 17.6. The molecule has 1 aliphatic heterocycles. The number of hydrogen-bond donors (Lipinski definition) is 1. The van der Waals surface area contributed by atoms with Crippen LogP contribution in [0.1, 0.15) is 5.56 Å². The number of anilines is 1. The molecule has 1 aliphatic rings. The summed E-state index contributed by atoms with van der Waals surface area (Å²) in [5.41, 5.74) is 1.42. The van der Waals surface area contributed by atoms with Crippen molar-refractivity contribution in [3.63, 3.8) is 0 Å². The molecule has 0 aromatic heterocycles. The lowest BCUT2D eigenvalue weighted by Crippen LogP contribution is -2.27. The smallest absolute Gasteiger partial charge is 0.270 e. The van der Waals surface area contributed by atoms with Crippen LogP contribution in [0.3, 0.4) is 0 Å². The minimum Gasteiger partial charge on any atom is -0.504 e. The van der Waals surface area contributed by atoms with Crippen molar-refractivity contribution in [3.05, 3.63) is 55.8 Å². The molecule has 0 saturated carbocycles. The van der Waals surface area contributed by atoms with Crippen LogP contribution in [-0.2, 0) is 4.79 Å². The number of ether oxygens (including phenoxy) is 1. The van der Waals surface area contributed by atoms with Gasteiger partial charge in [-0.2, -0.15) is 0 Å². The van der Waals surface area contributed by atoms with Gasteiger partial charge in [0, 0.05) is 8.95 Å². The number of halogens is 2. The Labute approximate surface area is 171 Å². The number of phenols is 1. The van der Waals surface area contributed by atoms with Crippen LogP contribution in [-0.4, -0.2) is 22.4 Å². The minimum atomic E-state index is -0.188. The Bertz CT molecular complexity index is 915. The quantitative estimate of drug-likeness (QED) is 0.455. The number of phenolic OH excluding ortho intramolecular Hbond substituents is 1. The highest BCUT2D eigenvalue weighted by Gasteiger charge is 2.33. The van der Waals surface area contributed by atoms with Crippen LogP contribution in [0, 0.1) is 0 Å². The van der Waals surface area contributed by atoms with Crippen LogP contribution in [0.4, 0.5) is 5.69 Å². The second-order valence-corrected chi connectivity index (χ2v) is 8.49.